The largest absolute Gasteiger partial charge is 0.352 e. The van der Waals surface area contributed by atoms with Gasteiger partial charge in [0, 0.05) is 42.7 Å². The Morgan fingerprint density at radius 1 is 1.12 bits per heavy atom. The molecule has 1 N–H and O–H groups in total. The van der Waals surface area contributed by atoms with Gasteiger partial charge in [-0.15, -0.1) is 11.3 Å². The summed E-state index contributed by atoms with van der Waals surface area (Å²) in [6.07, 6.45) is 4.45. The third-order valence-electron chi connectivity index (χ3n) is 3.50. The maximum Gasteiger partial charge on any atom is 0.220 e. The Labute approximate surface area is 143 Å². The van der Waals surface area contributed by atoms with Crippen LogP contribution in [0.25, 0.3) is 11.3 Å². The van der Waals surface area contributed by atoms with Crippen molar-refractivity contribution in [1.82, 2.24) is 15.3 Å². The van der Waals surface area contributed by atoms with Gasteiger partial charge in [-0.1, -0.05) is 12.1 Å². The van der Waals surface area contributed by atoms with Gasteiger partial charge in [-0.2, -0.15) is 0 Å². The van der Waals surface area contributed by atoms with Crippen LogP contribution in [-0.4, -0.2) is 15.9 Å². The fourth-order valence-corrected chi connectivity index (χ4v) is 3.00. The highest BCUT2D eigenvalue weighted by Crippen LogP contribution is 2.21. The van der Waals surface area contributed by atoms with Crippen LogP contribution in [0.4, 0.5) is 4.39 Å². The Hall–Kier alpha value is -2.60. The number of carbonyl (C=O) groups is 1. The van der Waals surface area contributed by atoms with E-state index in [1.807, 2.05) is 17.5 Å². The first-order valence-electron chi connectivity index (χ1n) is 7.56. The number of hydrogen-bond donors (Lipinski definition) is 1. The van der Waals surface area contributed by atoms with Gasteiger partial charge in [-0.3, -0.25) is 9.78 Å². The van der Waals surface area contributed by atoms with Crippen molar-refractivity contribution in [3.8, 4) is 11.3 Å². The van der Waals surface area contributed by atoms with Crippen LogP contribution in [0.1, 0.15) is 17.0 Å². The molecule has 0 fully saturated rings. The van der Waals surface area contributed by atoms with E-state index in [0.717, 1.165) is 21.8 Å². The Morgan fingerprint density at radius 3 is 2.62 bits per heavy atom. The Kier molecular flexibility index (Phi) is 5.28. The van der Waals surface area contributed by atoms with Crippen molar-refractivity contribution < 1.29 is 9.18 Å². The minimum Gasteiger partial charge on any atom is -0.352 e. The molecule has 0 aliphatic rings. The molecule has 0 aliphatic heterocycles. The molecule has 1 amide bonds. The van der Waals surface area contributed by atoms with Gasteiger partial charge >= 0.3 is 0 Å². The molecule has 4 nitrogen and oxygen atoms in total. The van der Waals surface area contributed by atoms with Crippen molar-refractivity contribution in [3.63, 3.8) is 0 Å². The first-order valence-corrected chi connectivity index (χ1v) is 8.44. The molecule has 0 saturated heterocycles. The van der Waals surface area contributed by atoms with Crippen molar-refractivity contribution in [1.29, 1.82) is 0 Å². The van der Waals surface area contributed by atoms with E-state index in [4.69, 9.17) is 0 Å². The van der Waals surface area contributed by atoms with Crippen molar-refractivity contribution in [3.05, 3.63) is 70.6 Å². The molecule has 0 unspecified atom stereocenters. The molecule has 0 saturated carbocycles. The average molecular weight is 341 g/mol. The average Bonchev–Trinajstić information content (AvgIpc) is 3.09. The predicted octanol–water partition coefficient (Wildman–Crippen LogP) is 3.59. The third kappa shape index (κ3) is 4.45. The van der Waals surface area contributed by atoms with Crippen LogP contribution in [-0.2, 0) is 17.8 Å². The fourth-order valence-electron chi connectivity index (χ4n) is 2.19. The highest BCUT2D eigenvalue weighted by atomic mass is 32.1. The summed E-state index contributed by atoms with van der Waals surface area (Å²) >= 11 is 1.55. The predicted molar refractivity (Wildman–Crippen MR) is 91.9 cm³/mol. The van der Waals surface area contributed by atoms with E-state index >= 15 is 0 Å². The molecule has 2 heterocycles. The molecule has 0 radical (unpaired) electrons. The monoisotopic (exact) mass is 341 g/mol. The third-order valence-corrected chi connectivity index (χ3v) is 4.41. The van der Waals surface area contributed by atoms with Gasteiger partial charge in [0.25, 0.3) is 0 Å². The summed E-state index contributed by atoms with van der Waals surface area (Å²) in [7, 11) is 0. The molecule has 1 aromatic carbocycles. The molecule has 2 aromatic heterocycles. The van der Waals surface area contributed by atoms with Gasteiger partial charge in [0.1, 0.15) is 5.82 Å². The van der Waals surface area contributed by atoms with E-state index < -0.39 is 0 Å². The number of benzene rings is 1. The Balaban J connectivity index is 1.48. The van der Waals surface area contributed by atoms with Crippen LogP contribution < -0.4 is 5.32 Å². The molecule has 122 valence electrons. The van der Waals surface area contributed by atoms with Gasteiger partial charge in [0.2, 0.25) is 5.91 Å². The second-order valence-electron chi connectivity index (χ2n) is 5.27. The zero-order valence-electron chi connectivity index (χ0n) is 12.9. The Morgan fingerprint density at radius 2 is 1.88 bits per heavy atom. The summed E-state index contributed by atoms with van der Waals surface area (Å²) in [6.45, 7) is 0.402. The van der Waals surface area contributed by atoms with Gasteiger partial charge in [-0.25, -0.2) is 9.37 Å². The summed E-state index contributed by atoms with van der Waals surface area (Å²) in [5.74, 6) is -0.321. The number of nitrogens with one attached hydrogen (secondary N) is 1. The van der Waals surface area contributed by atoms with Crippen molar-refractivity contribution in [2.45, 2.75) is 19.4 Å². The number of amides is 1. The van der Waals surface area contributed by atoms with Gasteiger partial charge in [-0.05, 0) is 29.8 Å². The number of pyridine rings is 1. The highest BCUT2D eigenvalue weighted by Gasteiger charge is 2.07. The van der Waals surface area contributed by atoms with Gasteiger partial charge in [0.15, 0.2) is 0 Å². The molecular formula is C18H16FN3OS. The second kappa shape index (κ2) is 7.79. The molecule has 3 aromatic rings. The van der Waals surface area contributed by atoms with E-state index in [-0.39, 0.29) is 11.7 Å². The zero-order chi connectivity index (χ0) is 16.8. The number of carbonyl (C=O) groups excluding carboxylic acids is 1. The number of aryl methyl sites for hydroxylation is 1. The number of aromatic nitrogens is 2. The molecule has 0 atom stereocenters. The smallest absolute Gasteiger partial charge is 0.220 e. The lowest BCUT2D eigenvalue weighted by Crippen LogP contribution is -2.22. The molecule has 3 rings (SSSR count). The molecule has 24 heavy (non-hydrogen) atoms. The minimum absolute atomic E-state index is 0.0417. The van der Waals surface area contributed by atoms with Crippen molar-refractivity contribution in [2.24, 2.45) is 0 Å². The standard InChI is InChI=1S/C18H16FN3OS/c19-15-3-1-13(2-4-15)11-21-17(23)5-6-18-22-16(12-24-18)14-7-9-20-10-8-14/h1-4,7-10,12H,5-6,11H2,(H,21,23). The summed E-state index contributed by atoms with van der Waals surface area (Å²) < 4.78 is 12.8. The van der Waals surface area contributed by atoms with Crippen molar-refractivity contribution in [2.75, 3.05) is 0 Å². The summed E-state index contributed by atoms with van der Waals surface area (Å²) in [4.78, 5) is 20.5. The number of rotatable bonds is 6. The van der Waals surface area contributed by atoms with Crippen LogP contribution in [0.3, 0.4) is 0 Å². The molecule has 0 bridgehead atoms. The zero-order valence-corrected chi connectivity index (χ0v) is 13.7. The van der Waals surface area contributed by atoms with E-state index in [1.165, 1.54) is 12.1 Å². The maximum atomic E-state index is 12.8. The van der Waals surface area contributed by atoms with E-state index in [9.17, 15) is 9.18 Å². The Bertz CT molecular complexity index is 803. The normalized spacial score (nSPS) is 10.5. The summed E-state index contributed by atoms with van der Waals surface area (Å²) in [6, 6.07) is 9.92. The van der Waals surface area contributed by atoms with Crippen LogP contribution in [0.5, 0.6) is 0 Å². The summed E-state index contributed by atoms with van der Waals surface area (Å²) in [5, 5.41) is 5.75. The lowest BCUT2D eigenvalue weighted by Gasteiger charge is -2.04. The number of nitrogens with zero attached hydrogens (tertiary/aromatic N) is 2. The molecule has 0 spiro atoms. The van der Waals surface area contributed by atoms with Gasteiger partial charge in [0.05, 0.1) is 10.7 Å². The van der Waals surface area contributed by atoms with E-state index in [0.29, 0.717) is 19.4 Å². The number of halogens is 1. The highest BCUT2D eigenvalue weighted by molar-refractivity contribution is 7.09. The minimum atomic E-state index is -0.279. The van der Waals surface area contributed by atoms with Crippen LogP contribution in [0, 0.1) is 5.82 Å². The van der Waals surface area contributed by atoms with E-state index in [1.54, 1.807) is 35.9 Å². The number of thiazole rings is 1. The maximum absolute atomic E-state index is 12.8. The summed E-state index contributed by atoms with van der Waals surface area (Å²) in [5.41, 5.74) is 2.80. The number of hydrogen-bond acceptors (Lipinski definition) is 4. The first kappa shape index (κ1) is 16.3. The van der Waals surface area contributed by atoms with Gasteiger partial charge < -0.3 is 5.32 Å². The first-order chi connectivity index (χ1) is 11.7. The molecule has 0 aliphatic carbocycles. The van der Waals surface area contributed by atoms with Crippen LogP contribution in [0.15, 0.2) is 54.2 Å². The lowest BCUT2D eigenvalue weighted by molar-refractivity contribution is -0.121. The van der Waals surface area contributed by atoms with Crippen LogP contribution >= 0.6 is 11.3 Å². The second-order valence-corrected chi connectivity index (χ2v) is 6.21. The lowest BCUT2D eigenvalue weighted by atomic mass is 10.2. The van der Waals surface area contributed by atoms with Crippen LogP contribution in [0.2, 0.25) is 0 Å². The quantitative estimate of drug-likeness (QED) is 0.745. The SMILES string of the molecule is O=C(CCc1nc(-c2ccncc2)cs1)NCc1ccc(F)cc1. The van der Waals surface area contributed by atoms with Crippen molar-refractivity contribution >= 4 is 17.2 Å². The topological polar surface area (TPSA) is 54.9 Å². The fraction of sp³-hybridized carbons (Fsp3) is 0.167. The molecule has 6 heteroatoms. The molecular weight excluding hydrogens is 325 g/mol. The van der Waals surface area contributed by atoms with E-state index in [2.05, 4.69) is 15.3 Å².